The minimum Gasteiger partial charge on any atom is -0.504 e. The number of methoxy groups -OCH3 is 2. The van der Waals surface area contributed by atoms with E-state index in [-0.39, 0.29) is 42.4 Å². The minimum absolute atomic E-state index is 0.0146. The highest BCUT2D eigenvalue weighted by molar-refractivity contribution is 5.69. The van der Waals surface area contributed by atoms with Crippen molar-refractivity contribution in [3.05, 3.63) is 47.0 Å². The number of phenolic OH excluding ortho intramolecular Hbond substituents is 2. The summed E-state index contributed by atoms with van der Waals surface area (Å²) in [6.07, 6.45) is 0.104. The highest BCUT2D eigenvalue weighted by Crippen LogP contribution is 2.52. The van der Waals surface area contributed by atoms with Crippen molar-refractivity contribution in [2.24, 2.45) is 5.73 Å². The first-order valence-corrected chi connectivity index (χ1v) is 8.11. The molecule has 0 amide bonds. The molecule has 2 aromatic rings. The number of carboxylic acids is 1. The molecule has 0 aliphatic carbocycles. The summed E-state index contributed by atoms with van der Waals surface area (Å²) in [6, 6.07) is 9.15. The summed E-state index contributed by atoms with van der Waals surface area (Å²) in [4.78, 5) is 11.1. The van der Waals surface area contributed by atoms with Crippen molar-refractivity contribution in [1.29, 1.82) is 0 Å². The van der Waals surface area contributed by atoms with Gasteiger partial charge in [0.25, 0.3) is 0 Å². The Labute approximate surface area is 151 Å². The summed E-state index contributed by atoms with van der Waals surface area (Å²) >= 11 is 0. The Morgan fingerprint density at radius 1 is 1.08 bits per heavy atom. The fourth-order valence-corrected chi connectivity index (χ4v) is 3.14. The summed E-state index contributed by atoms with van der Waals surface area (Å²) in [7, 11) is 2.69. The maximum absolute atomic E-state index is 11.1. The summed E-state index contributed by atoms with van der Waals surface area (Å²) in [6.45, 7) is -0.0640. The van der Waals surface area contributed by atoms with Gasteiger partial charge in [0.1, 0.15) is 0 Å². The number of hydrogen-bond acceptors (Lipinski definition) is 6. The van der Waals surface area contributed by atoms with Crippen LogP contribution in [0.4, 0.5) is 0 Å². The Kier molecular flexibility index (Phi) is 6.30. The lowest BCUT2D eigenvalue weighted by Crippen LogP contribution is -2.12. The van der Waals surface area contributed by atoms with E-state index < -0.39 is 11.9 Å². The van der Waals surface area contributed by atoms with Gasteiger partial charge in [0.2, 0.25) is 11.5 Å². The average Bonchev–Trinajstić information content (AvgIpc) is 2.64. The molecule has 2 rings (SSSR count). The van der Waals surface area contributed by atoms with Crippen molar-refractivity contribution >= 4 is 5.97 Å². The van der Waals surface area contributed by atoms with Crippen LogP contribution < -0.4 is 15.2 Å². The normalized spacial score (nSPS) is 11.8. The van der Waals surface area contributed by atoms with Gasteiger partial charge in [-0.15, -0.1) is 0 Å². The molecule has 0 spiro atoms. The lowest BCUT2D eigenvalue weighted by Gasteiger charge is -2.25. The number of carbonyl (C=O) groups is 1. The molecule has 0 fully saturated rings. The number of nitrogens with two attached hydrogens (primary N) is 1. The van der Waals surface area contributed by atoms with E-state index in [0.717, 1.165) is 5.56 Å². The number of phenols is 2. The summed E-state index contributed by atoms with van der Waals surface area (Å²) in [5.41, 5.74) is 7.25. The Hall–Kier alpha value is -2.93. The van der Waals surface area contributed by atoms with Gasteiger partial charge < -0.3 is 30.5 Å². The van der Waals surface area contributed by atoms with Crippen LogP contribution >= 0.6 is 0 Å². The lowest BCUT2D eigenvalue weighted by molar-refractivity contribution is -0.137. The van der Waals surface area contributed by atoms with Crippen LogP contribution in [0.15, 0.2) is 30.3 Å². The molecule has 0 heterocycles. The number of carboxylic acid groups (broad SMARTS) is 1. The topological polar surface area (TPSA) is 122 Å². The van der Waals surface area contributed by atoms with Crippen LogP contribution in [0.2, 0.25) is 0 Å². The Morgan fingerprint density at radius 2 is 1.65 bits per heavy atom. The summed E-state index contributed by atoms with van der Waals surface area (Å²) in [5, 5.41) is 30.5. The standard InChI is InChI=1S/C19H23NO6/c1-25-18-16(23)13(10-20)15(17(24)19(18)26-2)12(8-9-14(21)22)11-6-4-3-5-7-11/h3-7,12,23-24H,8-10,20H2,1-2H3,(H,21,22). The fraction of sp³-hybridized carbons (Fsp3) is 0.316. The van der Waals surface area contributed by atoms with Crippen molar-refractivity contribution in [1.82, 2.24) is 0 Å². The second-order valence-corrected chi connectivity index (χ2v) is 5.76. The predicted octanol–water partition coefficient (Wildman–Crippen LogP) is 2.57. The van der Waals surface area contributed by atoms with Crippen LogP contribution in [-0.4, -0.2) is 35.5 Å². The first kappa shape index (κ1) is 19.4. The molecule has 5 N–H and O–H groups in total. The maximum atomic E-state index is 11.1. The second-order valence-electron chi connectivity index (χ2n) is 5.76. The van der Waals surface area contributed by atoms with Crippen molar-refractivity contribution in [3.63, 3.8) is 0 Å². The molecule has 0 aromatic heterocycles. The van der Waals surface area contributed by atoms with Gasteiger partial charge in [-0.3, -0.25) is 4.79 Å². The van der Waals surface area contributed by atoms with Crippen molar-refractivity contribution in [2.75, 3.05) is 14.2 Å². The molecule has 1 unspecified atom stereocenters. The SMILES string of the molecule is COc1c(O)c(CN)c(C(CCC(=O)O)c2ccccc2)c(O)c1OC. The van der Waals surface area contributed by atoms with E-state index in [1.54, 1.807) is 0 Å². The third-order valence-electron chi connectivity index (χ3n) is 4.31. The number of aromatic hydroxyl groups is 2. The van der Waals surface area contributed by atoms with Crippen molar-refractivity contribution in [2.45, 2.75) is 25.3 Å². The highest BCUT2D eigenvalue weighted by Gasteiger charge is 2.30. The predicted molar refractivity (Wildman–Crippen MR) is 95.9 cm³/mol. The van der Waals surface area contributed by atoms with Crippen LogP contribution in [0.1, 0.15) is 35.4 Å². The molecule has 0 saturated carbocycles. The summed E-state index contributed by atoms with van der Waals surface area (Å²) in [5.74, 6) is -1.92. The van der Waals surface area contributed by atoms with Gasteiger partial charge in [-0.05, 0) is 12.0 Å². The van der Waals surface area contributed by atoms with Gasteiger partial charge in [-0.1, -0.05) is 30.3 Å². The average molecular weight is 361 g/mol. The van der Waals surface area contributed by atoms with E-state index in [9.17, 15) is 15.0 Å². The molecule has 1 atom stereocenters. The molecule has 7 nitrogen and oxygen atoms in total. The lowest BCUT2D eigenvalue weighted by atomic mass is 9.83. The summed E-state index contributed by atoms with van der Waals surface area (Å²) < 4.78 is 10.4. The molecule has 140 valence electrons. The van der Waals surface area contributed by atoms with Crippen molar-refractivity contribution < 1.29 is 29.6 Å². The van der Waals surface area contributed by atoms with Crippen LogP contribution in [0.5, 0.6) is 23.0 Å². The molecule has 7 heteroatoms. The number of aliphatic carboxylic acids is 1. The number of ether oxygens (including phenoxy) is 2. The molecule has 0 saturated heterocycles. The van der Waals surface area contributed by atoms with Gasteiger partial charge >= 0.3 is 5.97 Å². The Morgan fingerprint density at radius 3 is 2.15 bits per heavy atom. The van der Waals surface area contributed by atoms with Crippen LogP contribution in [-0.2, 0) is 11.3 Å². The third kappa shape index (κ3) is 3.67. The Bertz CT molecular complexity index is 776. The molecule has 2 aromatic carbocycles. The molecule has 26 heavy (non-hydrogen) atoms. The first-order chi connectivity index (χ1) is 12.5. The molecule has 0 bridgehead atoms. The van der Waals surface area contributed by atoms with Crippen LogP contribution in [0.3, 0.4) is 0 Å². The fourth-order valence-electron chi connectivity index (χ4n) is 3.14. The van der Waals surface area contributed by atoms with E-state index >= 15 is 0 Å². The van der Waals surface area contributed by atoms with E-state index in [1.807, 2.05) is 30.3 Å². The third-order valence-corrected chi connectivity index (χ3v) is 4.31. The zero-order chi connectivity index (χ0) is 19.3. The molecular formula is C19H23NO6. The smallest absolute Gasteiger partial charge is 0.303 e. The van der Waals surface area contributed by atoms with Gasteiger partial charge in [0, 0.05) is 30.0 Å². The van der Waals surface area contributed by atoms with Gasteiger partial charge in [-0.2, -0.15) is 0 Å². The highest BCUT2D eigenvalue weighted by atomic mass is 16.5. The van der Waals surface area contributed by atoms with Gasteiger partial charge in [0.05, 0.1) is 14.2 Å². The number of benzene rings is 2. The second kappa shape index (κ2) is 8.44. The Balaban J connectivity index is 2.74. The molecular weight excluding hydrogens is 338 g/mol. The first-order valence-electron chi connectivity index (χ1n) is 8.11. The quantitative estimate of drug-likeness (QED) is 0.533. The van der Waals surface area contributed by atoms with Crippen LogP contribution in [0.25, 0.3) is 0 Å². The minimum atomic E-state index is -0.954. The van der Waals surface area contributed by atoms with E-state index in [0.29, 0.717) is 11.1 Å². The van der Waals surface area contributed by atoms with E-state index in [4.69, 9.17) is 20.3 Å². The molecule has 0 aliphatic rings. The zero-order valence-electron chi connectivity index (χ0n) is 14.7. The van der Waals surface area contributed by atoms with Gasteiger partial charge in [-0.25, -0.2) is 0 Å². The monoisotopic (exact) mass is 361 g/mol. The number of hydrogen-bond donors (Lipinski definition) is 4. The van der Waals surface area contributed by atoms with Gasteiger partial charge in [0.15, 0.2) is 11.5 Å². The number of rotatable bonds is 8. The molecule has 0 aliphatic heterocycles. The van der Waals surface area contributed by atoms with E-state index in [1.165, 1.54) is 14.2 Å². The van der Waals surface area contributed by atoms with E-state index in [2.05, 4.69) is 0 Å². The zero-order valence-corrected chi connectivity index (χ0v) is 14.7. The largest absolute Gasteiger partial charge is 0.504 e. The molecule has 0 radical (unpaired) electrons. The van der Waals surface area contributed by atoms with Crippen LogP contribution in [0, 0.1) is 0 Å². The maximum Gasteiger partial charge on any atom is 0.303 e. The van der Waals surface area contributed by atoms with Crippen molar-refractivity contribution in [3.8, 4) is 23.0 Å².